The van der Waals surface area contributed by atoms with Crippen LogP contribution < -0.4 is 5.32 Å². The van der Waals surface area contributed by atoms with Crippen LogP contribution in [0.2, 0.25) is 0 Å². The minimum absolute atomic E-state index is 0.137. The molecule has 6 nitrogen and oxygen atoms in total. The zero-order valence-electron chi connectivity index (χ0n) is 9.66. The Labute approximate surface area is 109 Å². The monoisotopic (exact) mass is 290 g/mol. The van der Waals surface area contributed by atoms with Gasteiger partial charge in [-0.05, 0) is 18.9 Å². The minimum Gasteiger partial charge on any atom is -0.309 e. The molecular formula is C10H14N2O4S2. The molecule has 1 aromatic heterocycles. The average Bonchev–Trinajstić information content (AvgIpc) is 2.76. The summed E-state index contributed by atoms with van der Waals surface area (Å²) < 4.78 is 22.5. The van der Waals surface area contributed by atoms with Crippen LogP contribution in [0.3, 0.4) is 0 Å². The van der Waals surface area contributed by atoms with E-state index < -0.39 is 14.8 Å². The second-order valence-electron chi connectivity index (χ2n) is 4.30. The lowest BCUT2D eigenvalue weighted by Gasteiger charge is -2.22. The van der Waals surface area contributed by atoms with Gasteiger partial charge in [0, 0.05) is 23.5 Å². The average molecular weight is 290 g/mol. The zero-order valence-corrected chi connectivity index (χ0v) is 11.3. The van der Waals surface area contributed by atoms with E-state index in [1.54, 1.807) is 6.07 Å². The van der Waals surface area contributed by atoms with Gasteiger partial charge in [-0.25, -0.2) is 8.42 Å². The molecule has 1 N–H and O–H groups in total. The van der Waals surface area contributed by atoms with Crippen LogP contribution in [0.25, 0.3) is 0 Å². The smallest absolute Gasteiger partial charge is 0.309 e. The first-order chi connectivity index (χ1) is 8.46. The predicted octanol–water partition coefficient (Wildman–Crippen LogP) is 1.32. The molecule has 0 aromatic carbocycles. The Bertz CT molecular complexity index is 524. The van der Waals surface area contributed by atoms with E-state index >= 15 is 0 Å². The first-order valence-corrected chi connectivity index (χ1v) is 8.27. The highest BCUT2D eigenvalue weighted by Crippen LogP contribution is 2.24. The van der Waals surface area contributed by atoms with Gasteiger partial charge in [0.2, 0.25) is 0 Å². The molecule has 1 aromatic rings. The summed E-state index contributed by atoms with van der Waals surface area (Å²) in [6.45, 7) is 0.559. The van der Waals surface area contributed by atoms with Gasteiger partial charge in [0.25, 0.3) is 0 Å². The zero-order chi connectivity index (χ0) is 13.2. The number of hydrogen-bond donors (Lipinski definition) is 1. The maximum Gasteiger partial charge on any atom is 0.324 e. The van der Waals surface area contributed by atoms with Crippen LogP contribution in [0, 0.1) is 10.1 Å². The van der Waals surface area contributed by atoms with Gasteiger partial charge in [0.1, 0.15) is 9.84 Å². The van der Waals surface area contributed by atoms with Gasteiger partial charge in [-0.3, -0.25) is 10.1 Å². The number of rotatable bonds is 4. The highest BCUT2D eigenvalue weighted by molar-refractivity contribution is 7.91. The molecular weight excluding hydrogens is 276 g/mol. The first kappa shape index (κ1) is 13.4. The van der Waals surface area contributed by atoms with E-state index in [0.717, 1.165) is 16.2 Å². The van der Waals surface area contributed by atoms with E-state index in [1.807, 2.05) is 0 Å². The summed E-state index contributed by atoms with van der Waals surface area (Å²) >= 11 is 1.15. The van der Waals surface area contributed by atoms with E-state index in [2.05, 4.69) is 5.32 Å². The molecule has 0 amide bonds. The summed E-state index contributed by atoms with van der Waals surface area (Å²) in [5.41, 5.74) is 0. The van der Waals surface area contributed by atoms with Gasteiger partial charge in [-0.1, -0.05) is 11.3 Å². The molecule has 2 rings (SSSR count). The molecule has 0 unspecified atom stereocenters. The predicted molar refractivity (Wildman–Crippen MR) is 69.5 cm³/mol. The molecule has 1 aliphatic heterocycles. The van der Waals surface area contributed by atoms with Crippen LogP contribution in [-0.4, -0.2) is 30.9 Å². The third-order valence-electron chi connectivity index (χ3n) is 2.95. The number of sulfone groups is 1. The summed E-state index contributed by atoms with van der Waals surface area (Å²) in [6.07, 6.45) is 1.24. The van der Waals surface area contributed by atoms with Crippen molar-refractivity contribution in [1.29, 1.82) is 0 Å². The van der Waals surface area contributed by atoms with E-state index in [1.165, 1.54) is 6.07 Å². The van der Waals surface area contributed by atoms with Crippen molar-refractivity contribution in [1.82, 2.24) is 5.32 Å². The summed E-state index contributed by atoms with van der Waals surface area (Å²) in [5, 5.41) is 13.9. The molecule has 1 fully saturated rings. The lowest BCUT2D eigenvalue weighted by Crippen LogP contribution is -2.36. The second-order valence-corrected chi connectivity index (χ2v) is 7.75. The van der Waals surface area contributed by atoms with Gasteiger partial charge >= 0.3 is 5.00 Å². The van der Waals surface area contributed by atoms with Gasteiger partial charge in [0.15, 0.2) is 0 Å². The summed E-state index contributed by atoms with van der Waals surface area (Å²) in [7, 11) is -2.83. The van der Waals surface area contributed by atoms with Gasteiger partial charge in [-0.15, -0.1) is 0 Å². The molecule has 0 aliphatic carbocycles. The van der Waals surface area contributed by atoms with Crippen LogP contribution in [0.15, 0.2) is 12.1 Å². The van der Waals surface area contributed by atoms with Crippen LogP contribution in [-0.2, 0) is 16.4 Å². The SMILES string of the molecule is O=[N+]([O-])c1ccc(CNC2CCS(=O)(=O)CC2)s1. The van der Waals surface area contributed by atoms with Crippen LogP contribution in [0.5, 0.6) is 0 Å². The molecule has 100 valence electrons. The lowest BCUT2D eigenvalue weighted by atomic mass is 10.1. The highest BCUT2D eigenvalue weighted by Gasteiger charge is 2.23. The van der Waals surface area contributed by atoms with E-state index in [4.69, 9.17) is 0 Å². The molecule has 18 heavy (non-hydrogen) atoms. The van der Waals surface area contributed by atoms with Gasteiger partial charge < -0.3 is 5.32 Å². The van der Waals surface area contributed by atoms with Crippen LogP contribution in [0.1, 0.15) is 17.7 Å². The van der Waals surface area contributed by atoms with Crippen molar-refractivity contribution in [2.45, 2.75) is 25.4 Å². The molecule has 0 atom stereocenters. The van der Waals surface area contributed by atoms with Crippen molar-refractivity contribution >= 4 is 26.2 Å². The third kappa shape index (κ3) is 3.50. The third-order valence-corrected chi connectivity index (χ3v) is 5.70. The van der Waals surface area contributed by atoms with Crippen LogP contribution in [0.4, 0.5) is 5.00 Å². The second kappa shape index (κ2) is 5.33. The largest absolute Gasteiger partial charge is 0.324 e. The Morgan fingerprint density at radius 1 is 1.39 bits per heavy atom. The summed E-state index contributed by atoms with van der Waals surface area (Å²) in [5.74, 6) is 0.463. The van der Waals surface area contributed by atoms with E-state index in [9.17, 15) is 18.5 Å². The topological polar surface area (TPSA) is 89.3 Å². The fourth-order valence-corrected chi connectivity index (χ4v) is 4.16. The molecule has 1 aliphatic rings. The van der Waals surface area contributed by atoms with Crippen molar-refractivity contribution < 1.29 is 13.3 Å². The maximum atomic E-state index is 11.2. The quantitative estimate of drug-likeness (QED) is 0.667. The number of nitrogens with zero attached hydrogens (tertiary/aromatic N) is 1. The molecule has 0 saturated carbocycles. The number of nitro groups is 1. The lowest BCUT2D eigenvalue weighted by molar-refractivity contribution is -0.380. The summed E-state index contributed by atoms with van der Waals surface area (Å²) in [4.78, 5) is 11.0. The Hall–Kier alpha value is -0.990. The van der Waals surface area contributed by atoms with Crippen molar-refractivity contribution in [3.8, 4) is 0 Å². The molecule has 1 saturated heterocycles. The standard InChI is InChI=1S/C10H14N2O4S2/c13-12(14)10-2-1-9(17-10)7-11-8-3-5-18(15,16)6-4-8/h1-2,8,11H,3-7H2. The molecule has 2 heterocycles. The molecule has 0 radical (unpaired) electrons. The minimum atomic E-state index is -2.83. The summed E-state index contributed by atoms with van der Waals surface area (Å²) in [6, 6.07) is 3.41. The number of thiophene rings is 1. The fraction of sp³-hybridized carbons (Fsp3) is 0.600. The van der Waals surface area contributed by atoms with Crippen molar-refractivity contribution in [3.63, 3.8) is 0 Å². The van der Waals surface area contributed by atoms with Crippen molar-refractivity contribution in [3.05, 3.63) is 27.1 Å². The van der Waals surface area contributed by atoms with E-state index in [-0.39, 0.29) is 22.5 Å². The van der Waals surface area contributed by atoms with Crippen molar-refractivity contribution in [2.24, 2.45) is 0 Å². The molecule has 0 bridgehead atoms. The van der Waals surface area contributed by atoms with Gasteiger partial charge in [0.05, 0.1) is 16.4 Å². The van der Waals surface area contributed by atoms with Crippen molar-refractivity contribution in [2.75, 3.05) is 11.5 Å². The highest BCUT2D eigenvalue weighted by atomic mass is 32.2. The Balaban J connectivity index is 1.83. The number of nitrogens with one attached hydrogen (secondary N) is 1. The Kier molecular flexibility index (Phi) is 3.98. The Morgan fingerprint density at radius 2 is 2.06 bits per heavy atom. The Morgan fingerprint density at radius 3 is 2.61 bits per heavy atom. The first-order valence-electron chi connectivity index (χ1n) is 5.63. The van der Waals surface area contributed by atoms with E-state index in [0.29, 0.717) is 19.4 Å². The maximum absolute atomic E-state index is 11.2. The van der Waals surface area contributed by atoms with Crippen LogP contribution >= 0.6 is 11.3 Å². The van der Waals surface area contributed by atoms with Gasteiger partial charge in [-0.2, -0.15) is 0 Å². The molecule has 0 spiro atoms. The normalized spacial score (nSPS) is 19.8. The number of hydrogen-bond acceptors (Lipinski definition) is 6. The fourth-order valence-electron chi connectivity index (χ4n) is 1.90. The molecule has 8 heteroatoms.